The predicted octanol–water partition coefficient (Wildman–Crippen LogP) is 4.67. The minimum atomic E-state index is -1.28. The third-order valence-corrected chi connectivity index (χ3v) is 5.64. The molecule has 0 bridgehead atoms. The molecule has 150 valence electrons. The van der Waals surface area contributed by atoms with Crippen molar-refractivity contribution >= 4 is 28.5 Å². The second kappa shape index (κ2) is 7.19. The SMILES string of the molecule is CC(C)[C@H]1COc2cc(Cc3cccc(Cl)c3F)cc3c(=O)c(C(=O)O)cn1c23. The molecule has 0 fully saturated rings. The van der Waals surface area contributed by atoms with E-state index in [1.165, 1.54) is 12.3 Å². The Labute approximate surface area is 171 Å². The maximum atomic E-state index is 14.3. The van der Waals surface area contributed by atoms with Crippen molar-refractivity contribution in [2.45, 2.75) is 26.3 Å². The van der Waals surface area contributed by atoms with Crippen molar-refractivity contribution in [1.29, 1.82) is 0 Å². The fourth-order valence-corrected chi connectivity index (χ4v) is 4.01. The van der Waals surface area contributed by atoms with Gasteiger partial charge < -0.3 is 14.4 Å². The minimum absolute atomic E-state index is 0.0242. The van der Waals surface area contributed by atoms with Gasteiger partial charge in [0.05, 0.1) is 22.0 Å². The molecular weight excluding hydrogens is 397 g/mol. The Morgan fingerprint density at radius 2 is 2.14 bits per heavy atom. The van der Waals surface area contributed by atoms with Gasteiger partial charge in [0.1, 0.15) is 23.7 Å². The number of carboxylic acids is 1. The zero-order valence-electron chi connectivity index (χ0n) is 15.9. The van der Waals surface area contributed by atoms with Crippen LogP contribution in [0.1, 0.15) is 41.4 Å². The van der Waals surface area contributed by atoms with Crippen LogP contribution in [0, 0.1) is 11.7 Å². The van der Waals surface area contributed by atoms with Gasteiger partial charge in [-0.15, -0.1) is 0 Å². The van der Waals surface area contributed by atoms with Crippen molar-refractivity contribution < 1.29 is 19.0 Å². The first-order chi connectivity index (χ1) is 13.8. The van der Waals surface area contributed by atoms with E-state index in [2.05, 4.69) is 0 Å². The molecule has 2 aromatic carbocycles. The number of hydrogen-bond acceptors (Lipinski definition) is 3. The molecule has 4 rings (SSSR count). The van der Waals surface area contributed by atoms with Crippen molar-refractivity contribution in [3.63, 3.8) is 0 Å². The van der Waals surface area contributed by atoms with E-state index >= 15 is 0 Å². The zero-order chi connectivity index (χ0) is 20.9. The average Bonchev–Trinajstić information content (AvgIpc) is 2.67. The van der Waals surface area contributed by atoms with E-state index in [0.29, 0.717) is 29.0 Å². The van der Waals surface area contributed by atoms with E-state index in [-0.39, 0.29) is 34.4 Å². The molecule has 0 radical (unpaired) electrons. The first-order valence-electron chi connectivity index (χ1n) is 9.28. The Hall–Kier alpha value is -2.86. The number of pyridine rings is 1. The molecule has 7 heteroatoms. The van der Waals surface area contributed by atoms with Gasteiger partial charge in [-0.25, -0.2) is 9.18 Å². The molecule has 1 aliphatic rings. The predicted molar refractivity (Wildman–Crippen MR) is 109 cm³/mol. The number of benzene rings is 2. The topological polar surface area (TPSA) is 68.5 Å². The Kier molecular flexibility index (Phi) is 4.82. The highest BCUT2D eigenvalue weighted by atomic mass is 35.5. The van der Waals surface area contributed by atoms with Crippen LogP contribution in [0.2, 0.25) is 5.02 Å². The Morgan fingerprint density at radius 1 is 1.38 bits per heavy atom. The number of hydrogen-bond donors (Lipinski definition) is 1. The van der Waals surface area contributed by atoms with Crippen molar-refractivity contribution in [3.05, 3.63) is 74.3 Å². The summed E-state index contributed by atoms with van der Waals surface area (Å²) in [6, 6.07) is 8.05. The lowest BCUT2D eigenvalue weighted by atomic mass is 9.97. The number of carbonyl (C=O) groups is 1. The zero-order valence-corrected chi connectivity index (χ0v) is 16.7. The van der Waals surface area contributed by atoms with Crippen LogP contribution < -0.4 is 10.2 Å². The van der Waals surface area contributed by atoms with Crippen LogP contribution in [0.4, 0.5) is 4.39 Å². The molecule has 0 spiro atoms. The van der Waals surface area contributed by atoms with E-state index in [9.17, 15) is 19.1 Å². The van der Waals surface area contributed by atoms with Crippen molar-refractivity contribution in [3.8, 4) is 5.75 Å². The highest BCUT2D eigenvalue weighted by molar-refractivity contribution is 6.30. The monoisotopic (exact) mass is 415 g/mol. The number of aromatic carboxylic acids is 1. The highest BCUT2D eigenvalue weighted by Gasteiger charge is 2.28. The first-order valence-corrected chi connectivity index (χ1v) is 9.66. The lowest BCUT2D eigenvalue weighted by Crippen LogP contribution is -2.30. The fourth-order valence-electron chi connectivity index (χ4n) is 3.81. The van der Waals surface area contributed by atoms with E-state index in [1.807, 2.05) is 18.4 Å². The lowest BCUT2D eigenvalue weighted by Gasteiger charge is -2.32. The summed E-state index contributed by atoms with van der Waals surface area (Å²) in [6.07, 6.45) is 1.60. The van der Waals surface area contributed by atoms with Gasteiger partial charge in [0.15, 0.2) is 0 Å². The van der Waals surface area contributed by atoms with Crippen LogP contribution in [0.25, 0.3) is 10.9 Å². The van der Waals surface area contributed by atoms with Gasteiger partial charge in [0.25, 0.3) is 0 Å². The van der Waals surface area contributed by atoms with Gasteiger partial charge in [0, 0.05) is 12.6 Å². The van der Waals surface area contributed by atoms with Crippen LogP contribution in [0.5, 0.6) is 5.75 Å². The summed E-state index contributed by atoms with van der Waals surface area (Å²) in [6.45, 7) is 4.38. The summed E-state index contributed by atoms with van der Waals surface area (Å²) in [5.74, 6) is -1.12. The molecule has 1 aliphatic heterocycles. The average molecular weight is 416 g/mol. The van der Waals surface area contributed by atoms with Crippen molar-refractivity contribution in [2.75, 3.05) is 6.61 Å². The summed E-state index contributed by atoms with van der Waals surface area (Å²) in [4.78, 5) is 24.5. The number of nitrogens with zero attached hydrogens (tertiary/aromatic N) is 1. The summed E-state index contributed by atoms with van der Waals surface area (Å²) >= 11 is 5.87. The highest BCUT2D eigenvalue weighted by Crippen LogP contribution is 2.36. The molecule has 29 heavy (non-hydrogen) atoms. The van der Waals surface area contributed by atoms with E-state index in [1.54, 1.807) is 24.3 Å². The van der Waals surface area contributed by atoms with Gasteiger partial charge >= 0.3 is 5.97 Å². The summed E-state index contributed by atoms with van der Waals surface area (Å²) < 4.78 is 22.1. The number of rotatable bonds is 4. The van der Waals surface area contributed by atoms with Gasteiger partial charge in [-0.05, 0) is 35.2 Å². The molecule has 0 aliphatic carbocycles. The molecule has 0 saturated heterocycles. The number of ether oxygens (including phenoxy) is 1. The molecule has 0 amide bonds. The van der Waals surface area contributed by atoms with E-state index < -0.39 is 17.2 Å². The number of aromatic nitrogens is 1. The molecular formula is C22H19ClFNO4. The summed E-state index contributed by atoms with van der Waals surface area (Å²) in [5.41, 5.74) is 0.728. The van der Waals surface area contributed by atoms with Gasteiger partial charge in [0.2, 0.25) is 5.43 Å². The maximum Gasteiger partial charge on any atom is 0.341 e. The second-order valence-electron chi connectivity index (χ2n) is 7.59. The largest absolute Gasteiger partial charge is 0.489 e. The maximum absolute atomic E-state index is 14.3. The lowest BCUT2D eigenvalue weighted by molar-refractivity contribution is 0.0693. The van der Waals surface area contributed by atoms with E-state index in [4.69, 9.17) is 16.3 Å². The molecule has 1 atom stereocenters. The molecule has 3 aromatic rings. The molecule has 5 nitrogen and oxygen atoms in total. The summed E-state index contributed by atoms with van der Waals surface area (Å²) in [5, 5.41) is 9.80. The standard InChI is InChI=1S/C22H19ClFNO4/c1-11(2)17-10-29-18-8-12(6-13-4-3-5-16(23)19(13)24)7-14-20(18)25(17)9-15(21(14)26)22(27)28/h3-5,7-9,11,17H,6,10H2,1-2H3,(H,27,28)/t17-/m1/s1. The van der Waals surface area contributed by atoms with Crippen LogP contribution in [0.3, 0.4) is 0 Å². The Bertz CT molecular complexity index is 1200. The van der Waals surface area contributed by atoms with Crippen LogP contribution >= 0.6 is 11.6 Å². The quantitative estimate of drug-likeness (QED) is 0.672. The van der Waals surface area contributed by atoms with Gasteiger partial charge in [-0.2, -0.15) is 0 Å². The molecule has 1 N–H and O–H groups in total. The van der Waals surface area contributed by atoms with E-state index in [0.717, 1.165) is 0 Å². The molecule has 0 saturated carbocycles. The first kappa shape index (κ1) is 19.5. The Morgan fingerprint density at radius 3 is 2.83 bits per heavy atom. The number of carboxylic acid groups (broad SMARTS) is 1. The molecule has 1 aromatic heterocycles. The molecule has 2 heterocycles. The van der Waals surface area contributed by atoms with Gasteiger partial charge in [-0.1, -0.05) is 37.6 Å². The summed E-state index contributed by atoms with van der Waals surface area (Å²) in [7, 11) is 0. The molecule has 0 unspecified atom stereocenters. The second-order valence-corrected chi connectivity index (χ2v) is 7.99. The van der Waals surface area contributed by atoms with Crippen LogP contribution in [-0.2, 0) is 6.42 Å². The smallest absolute Gasteiger partial charge is 0.341 e. The van der Waals surface area contributed by atoms with Gasteiger partial charge in [-0.3, -0.25) is 4.79 Å². The fraction of sp³-hybridized carbons (Fsp3) is 0.273. The Balaban J connectivity index is 1.95. The number of halogens is 2. The van der Waals surface area contributed by atoms with Crippen molar-refractivity contribution in [1.82, 2.24) is 4.57 Å². The minimum Gasteiger partial charge on any atom is -0.489 e. The third-order valence-electron chi connectivity index (χ3n) is 5.34. The normalized spacial score (nSPS) is 15.6. The van der Waals surface area contributed by atoms with Crippen molar-refractivity contribution in [2.24, 2.45) is 5.92 Å². The van der Waals surface area contributed by atoms with Crippen LogP contribution in [0.15, 0.2) is 41.3 Å². The van der Waals surface area contributed by atoms with Crippen LogP contribution in [-0.4, -0.2) is 22.2 Å². The third kappa shape index (κ3) is 3.27.